The molecule has 1 heterocycles. The Morgan fingerprint density at radius 2 is 2.25 bits per heavy atom. The predicted molar refractivity (Wildman–Crippen MR) is 87.0 cm³/mol. The second-order valence-corrected chi connectivity index (χ2v) is 9.11. The van der Waals surface area contributed by atoms with Crippen molar-refractivity contribution < 1.29 is 8.42 Å². The number of rotatable bonds is 9. The van der Waals surface area contributed by atoms with E-state index < -0.39 is 10.0 Å². The Morgan fingerprint density at radius 3 is 2.90 bits per heavy atom. The molecule has 0 aromatic carbocycles. The number of thioether (sulfide) groups is 1. The third-order valence-electron chi connectivity index (χ3n) is 3.37. The zero-order valence-electron chi connectivity index (χ0n) is 11.9. The van der Waals surface area contributed by atoms with Crippen molar-refractivity contribution in [2.75, 3.05) is 12.8 Å². The fraction of sp³-hybridized carbons (Fsp3) is 0.692. The zero-order chi connectivity index (χ0) is 14.6. The second kappa shape index (κ2) is 7.26. The fourth-order valence-corrected chi connectivity index (χ4v) is 4.61. The van der Waals surface area contributed by atoms with Crippen molar-refractivity contribution in [2.45, 2.75) is 48.9 Å². The molecule has 4 nitrogen and oxygen atoms in total. The summed E-state index contributed by atoms with van der Waals surface area (Å²) in [4.78, 5) is 1.34. The van der Waals surface area contributed by atoms with Gasteiger partial charge in [0, 0.05) is 29.3 Å². The zero-order valence-corrected chi connectivity index (χ0v) is 14.3. The van der Waals surface area contributed by atoms with Gasteiger partial charge >= 0.3 is 0 Å². The number of hydrogen-bond donors (Lipinski definition) is 2. The summed E-state index contributed by atoms with van der Waals surface area (Å²) in [5, 5.41) is 5.69. The molecule has 0 aliphatic heterocycles. The minimum atomic E-state index is -3.37. The lowest BCUT2D eigenvalue weighted by Crippen LogP contribution is -2.27. The Morgan fingerprint density at radius 1 is 1.50 bits per heavy atom. The second-order valence-electron chi connectivity index (χ2n) is 5.10. The number of sulfonamides is 1. The van der Waals surface area contributed by atoms with Crippen molar-refractivity contribution in [1.29, 1.82) is 0 Å². The molecule has 0 bridgehead atoms. The van der Waals surface area contributed by atoms with Crippen molar-refractivity contribution in [3.63, 3.8) is 0 Å². The summed E-state index contributed by atoms with van der Waals surface area (Å²) < 4.78 is 27.3. The van der Waals surface area contributed by atoms with Gasteiger partial charge in [0.2, 0.25) is 10.0 Å². The molecular weight excluding hydrogens is 312 g/mol. The van der Waals surface area contributed by atoms with Crippen LogP contribution in [0.25, 0.3) is 0 Å². The molecule has 1 aromatic heterocycles. The van der Waals surface area contributed by atoms with Gasteiger partial charge in [0.05, 0.1) is 4.90 Å². The molecule has 1 unspecified atom stereocenters. The van der Waals surface area contributed by atoms with Gasteiger partial charge in [-0.1, -0.05) is 6.92 Å². The van der Waals surface area contributed by atoms with Crippen molar-refractivity contribution >= 4 is 33.1 Å². The Labute approximate surface area is 129 Å². The van der Waals surface area contributed by atoms with E-state index in [4.69, 9.17) is 0 Å². The molecule has 0 saturated heterocycles. The maximum absolute atomic E-state index is 12.3. The Balaban J connectivity index is 1.92. The highest BCUT2D eigenvalue weighted by molar-refractivity contribution is 7.99. The molecule has 2 N–H and O–H groups in total. The summed E-state index contributed by atoms with van der Waals surface area (Å²) in [6, 6.07) is 2.29. The molecule has 1 fully saturated rings. The minimum absolute atomic E-state index is 0.437. The molecule has 114 valence electrons. The van der Waals surface area contributed by atoms with Gasteiger partial charge in [-0.15, -0.1) is 11.3 Å². The summed E-state index contributed by atoms with van der Waals surface area (Å²) in [6.07, 6.45) is 5.30. The van der Waals surface area contributed by atoms with Crippen LogP contribution in [-0.2, 0) is 16.6 Å². The van der Waals surface area contributed by atoms with Gasteiger partial charge in [-0.2, -0.15) is 11.8 Å². The van der Waals surface area contributed by atoms with E-state index >= 15 is 0 Å². The Hall–Kier alpha value is -0.0800. The van der Waals surface area contributed by atoms with E-state index in [1.807, 2.05) is 11.6 Å². The Bertz CT molecular complexity index is 523. The third kappa shape index (κ3) is 4.73. The van der Waals surface area contributed by atoms with Gasteiger partial charge in [-0.25, -0.2) is 13.1 Å². The average Bonchev–Trinajstić information content (AvgIpc) is 3.11. The quantitative estimate of drug-likeness (QED) is 0.728. The van der Waals surface area contributed by atoms with E-state index in [9.17, 15) is 8.42 Å². The molecule has 1 aromatic rings. The molecule has 1 atom stereocenters. The van der Waals surface area contributed by atoms with Crippen LogP contribution in [0.2, 0.25) is 0 Å². The largest absolute Gasteiger partial charge is 0.309 e. The molecule has 1 aliphatic rings. The van der Waals surface area contributed by atoms with Crippen LogP contribution >= 0.6 is 23.1 Å². The van der Waals surface area contributed by atoms with Gasteiger partial charge in [0.25, 0.3) is 0 Å². The normalized spacial score (nSPS) is 17.3. The lowest BCUT2D eigenvalue weighted by Gasteiger charge is -2.10. The summed E-state index contributed by atoms with van der Waals surface area (Å²) in [6.45, 7) is 3.25. The van der Waals surface area contributed by atoms with Gasteiger partial charge in [-0.3, -0.25) is 0 Å². The highest BCUT2D eigenvalue weighted by Gasteiger charge is 2.23. The molecular formula is C13H22N2O2S3. The lowest BCUT2D eigenvalue weighted by molar-refractivity contribution is 0.577. The first-order valence-electron chi connectivity index (χ1n) is 6.85. The van der Waals surface area contributed by atoms with E-state index in [1.165, 1.54) is 24.2 Å². The third-order valence-corrected chi connectivity index (χ3v) is 7.00. The van der Waals surface area contributed by atoms with Gasteiger partial charge < -0.3 is 5.32 Å². The van der Waals surface area contributed by atoms with Crippen LogP contribution in [0, 0.1) is 0 Å². The maximum atomic E-state index is 12.3. The van der Waals surface area contributed by atoms with E-state index in [0.717, 1.165) is 11.3 Å². The lowest BCUT2D eigenvalue weighted by atomic mass is 10.3. The first kappa shape index (κ1) is 16.3. The van der Waals surface area contributed by atoms with Crippen LogP contribution in [0.1, 0.15) is 31.1 Å². The monoisotopic (exact) mass is 334 g/mol. The standard InChI is InChI=1S/C13H22N2O2S3/c1-10(18-2)5-7-15-20(16,17)13-6-8-19-12(13)9-14-11-3-4-11/h6,8,10-11,14-15H,3-5,7,9H2,1-2H3. The van der Waals surface area contributed by atoms with Crippen LogP contribution in [-0.4, -0.2) is 32.5 Å². The highest BCUT2D eigenvalue weighted by Crippen LogP contribution is 2.24. The smallest absolute Gasteiger partial charge is 0.241 e. The first-order chi connectivity index (χ1) is 9.53. The summed E-state index contributed by atoms with van der Waals surface area (Å²) in [7, 11) is -3.37. The van der Waals surface area contributed by atoms with Crippen LogP contribution in [0.3, 0.4) is 0 Å². The van der Waals surface area contributed by atoms with Crippen molar-refractivity contribution in [3.8, 4) is 0 Å². The molecule has 0 spiro atoms. The van der Waals surface area contributed by atoms with E-state index in [-0.39, 0.29) is 0 Å². The Kier molecular flexibility index (Phi) is 5.92. The van der Waals surface area contributed by atoms with Crippen LogP contribution < -0.4 is 10.0 Å². The molecule has 0 amide bonds. The maximum Gasteiger partial charge on any atom is 0.241 e. The highest BCUT2D eigenvalue weighted by atomic mass is 32.2. The molecule has 0 radical (unpaired) electrons. The van der Waals surface area contributed by atoms with Crippen molar-refractivity contribution in [2.24, 2.45) is 0 Å². The molecule has 1 aliphatic carbocycles. The van der Waals surface area contributed by atoms with Crippen LogP contribution in [0.5, 0.6) is 0 Å². The summed E-state index contributed by atoms with van der Waals surface area (Å²) in [5.41, 5.74) is 0. The number of thiophene rings is 1. The fourth-order valence-electron chi connectivity index (χ4n) is 1.81. The van der Waals surface area contributed by atoms with Crippen LogP contribution in [0.4, 0.5) is 0 Å². The van der Waals surface area contributed by atoms with E-state index in [2.05, 4.69) is 17.0 Å². The van der Waals surface area contributed by atoms with Crippen LogP contribution in [0.15, 0.2) is 16.3 Å². The topological polar surface area (TPSA) is 58.2 Å². The summed E-state index contributed by atoms with van der Waals surface area (Å²) >= 11 is 3.26. The molecule has 20 heavy (non-hydrogen) atoms. The van der Waals surface area contributed by atoms with Crippen molar-refractivity contribution in [3.05, 3.63) is 16.3 Å². The van der Waals surface area contributed by atoms with E-state index in [1.54, 1.807) is 17.8 Å². The van der Waals surface area contributed by atoms with Gasteiger partial charge in [0.1, 0.15) is 0 Å². The average molecular weight is 335 g/mol. The summed E-state index contributed by atoms with van der Waals surface area (Å²) in [5.74, 6) is 0. The minimum Gasteiger partial charge on any atom is -0.309 e. The SMILES string of the molecule is CSC(C)CCNS(=O)(=O)c1ccsc1CNC1CC1. The molecule has 7 heteroatoms. The molecule has 2 rings (SSSR count). The van der Waals surface area contributed by atoms with Crippen molar-refractivity contribution in [1.82, 2.24) is 10.0 Å². The molecule has 1 saturated carbocycles. The number of nitrogens with one attached hydrogen (secondary N) is 2. The van der Waals surface area contributed by atoms with Gasteiger partial charge in [-0.05, 0) is 37.0 Å². The van der Waals surface area contributed by atoms with E-state index in [0.29, 0.717) is 29.3 Å². The first-order valence-corrected chi connectivity index (χ1v) is 10.5. The number of hydrogen-bond acceptors (Lipinski definition) is 5. The predicted octanol–water partition coefficient (Wildman–Crippen LogP) is 2.42. The van der Waals surface area contributed by atoms with Gasteiger partial charge in [0.15, 0.2) is 0 Å².